The lowest BCUT2D eigenvalue weighted by atomic mass is 9.87. The maximum atomic E-state index is 13.8. The van der Waals surface area contributed by atoms with E-state index in [1.165, 1.54) is 35.7 Å². The van der Waals surface area contributed by atoms with Crippen LogP contribution in [0.1, 0.15) is 38.5 Å². The number of hydrogen-bond acceptors (Lipinski definition) is 0. The number of hydrogen-bond donors (Lipinski definition) is 0. The molecular formula is C15H19BF5I. The summed E-state index contributed by atoms with van der Waals surface area (Å²) in [6.45, 7) is 0. The highest BCUT2D eigenvalue weighted by atomic mass is 127. The molecule has 0 radical (unpaired) electrons. The Morgan fingerprint density at radius 3 is 2.14 bits per heavy atom. The average Bonchev–Trinajstić information content (AvgIpc) is 2.46. The molecule has 2 rings (SSSR count). The highest BCUT2D eigenvalue weighted by Crippen LogP contribution is 2.28. The summed E-state index contributed by atoms with van der Waals surface area (Å²) < 4.78 is 55.9. The van der Waals surface area contributed by atoms with Gasteiger partial charge in [0.1, 0.15) is 5.83 Å². The Morgan fingerprint density at radius 1 is 1.05 bits per heavy atom. The van der Waals surface area contributed by atoms with Crippen LogP contribution in [0.5, 0.6) is 0 Å². The minimum Gasteiger partial charge on any atom is -0.418 e. The molecule has 0 spiro atoms. The zero-order chi connectivity index (χ0) is 16.4. The van der Waals surface area contributed by atoms with E-state index in [-0.39, 0.29) is 27.0 Å². The van der Waals surface area contributed by atoms with Crippen molar-refractivity contribution in [2.45, 2.75) is 38.5 Å². The van der Waals surface area contributed by atoms with Crippen molar-refractivity contribution in [1.82, 2.24) is 0 Å². The van der Waals surface area contributed by atoms with Gasteiger partial charge in [0.25, 0.3) is 0 Å². The van der Waals surface area contributed by atoms with Gasteiger partial charge in [0, 0.05) is 6.42 Å². The van der Waals surface area contributed by atoms with E-state index in [0.717, 1.165) is 0 Å². The lowest BCUT2D eigenvalue weighted by Crippen LogP contribution is -3.59. The van der Waals surface area contributed by atoms with Crippen LogP contribution < -0.4 is 21.2 Å². The predicted molar refractivity (Wildman–Crippen MR) is 75.7 cm³/mol. The second-order valence-electron chi connectivity index (χ2n) is 5.16. The maximum Gasteiger partial charge on any atom is 0.673 e. The molecule has 0 nitrogen and oxygen atoms in total. The van der Waals surface area contributed by atoms with Gasteiger partial charge >= 0.3 is 28.5 Å². The van der Waals surface area contributed by atoms with E-state index in [4.69, 9.17) is 0 Å². The van der Waals surface area contributed by atoms with E-state index in [0.29, 0.717) is 12.3 Å². The van der Waals surface area contributed by atoms with Crippen molar-refractivity contribution < 1.29 is 42.9 Å². The van der Waals surface area contributed by atoms with Crippen LogP contribution in [0.25, 0.3) is 0 Å². The Morgan fingerprint density at radius 2 is 1.59 bits per heavy atom. The number of benzene rings is 1. The molecule has 0 aromatic heterocycles. The zero-order valence-electron chi connectivity index (χ0n) is 12.1. The van der Waals surface area contributed by atoms with E-state index in [1.807, 2.05) is 22.3 Å². The van der Waals surface area contributed by atoms with Crippen LogP contribution in [0.3, 0.4) is 0 Å². The molecule has 0 unspecified atom stereocenters. The van der Waals surface area contributed by atoms with Crippen molar-refractivity contribution in [2.24, 2.45) is 5.92 Å². The van der Waals surface area contributed by atoms with E-state index < -0.39 is 7.25 Å². The second-order valence-corrected chi connectivity index (χ2v) is 7.65. The predicted octanol–water partition coefficient (Wildman–Crippen LogP) is 3.03. The van der Waals surface area contributed by atoms with Crippen LogP contribution in [-0.2, 0) is 0 Å². The number of halogens is 6. The summed E-state index contributed by atoms with van der Waals surface area (Å²) in [5, 5.41) is 0. The second kappa shape index (κ2) is 10.2. The average molecular weight is 432 g/mol. The van der Waals surface area contributed by atoms with Crippen LogP contribution >= 0.6 is 0 Å². The summed E-state index contributed by atoms with van der Waals surface area (Å²) in [7, 11) is -6.00. The quantitative estimate of drug-likeness (QED) is 0.390. The Balaban J connectivity index is 0.000000422. The fourth-order valence-electron chi connectivity index (χ4n) is 2.32. The van der Waals surface area contributed by atoms with Gasteiger partial charge in [-0.25, -0.2) is 4.39 Å². The van der Waals surface area contributed by atoms with Gasteiger partial charge < -0.3 is 17.3 Å². The van der Waals surface area contributed by atoms with Gasteiger partial charge in [0.2, 0.25) is 0 Å². The standard InChI is InChI=1S/C15H19FI.BF4/c16-14(11-13-7-3-1-4-8-13)12-17-15-9-5-2-6-10-15;2-1(3,4)5/h2,5-6,9-10,12-13H,1,3-4,7-8,11H2;/q+1;-1/b14-12-;. The monoisotopic (exact) mass is 432 g/mol. The SMILES string of the molecule is F/C(=C\[I+]c1ccccc1)CC1CCCCC1.F[B-](F)(F)F. The van der Waals surface area contributed by atoms with Gasteiger partial charge in [-0.05, 0) is 18.1 Å². The molecule has 0 amide bonds. The van der Waals surface area contributed by atoms with Gasteiger partial charge in [-0.2, -0.15) is 0 Å². The van der Waals surface area contributed by atoms with Crippen molar-refractivity contribution >= 4 is 7.25 Å². The molecule has 0 N–H and O–H groups in total. The molecule has 1 fully saturated rings. The fourth-order valence-corrected chi connectivity index (χ4v) is 4.10. The maximum absolute atomic E-state index is 13.8. The van der Waals surface area contributed by atoms with Crippen molar-refractivity contribution in [1.29, 1.82) is 0 Å². The first kappa shape index (κ1) is 19.5. The minimum atomic E-state index is -6.00. The van der Waals surface area contributed by atoms with Crippen LogP contribution in [0, 0.1) is 9.49 Å². The van der Waals surface area contributed by atoms with Crippen molar-refractivity contribution in [2.75, 3.05) is 0 Å². The Hall–Kier alpha value is -0.595. The topological polar surface area (TPSA) is 0 Å². The molecule has 1 aromatic carbocycles. The molecular weight excluding hydrogens is 413 g/mol. The highest BCUT2D eigenvalue weighted by molar-refractivity contribution is 6.50. The van der Waals surface area contributed by atoms with Gasteiger partial charge in [0.15, 0.2) is 7.65 Å². The molecule has 1 saturated carbocycles. The van der Waals surface area contributed by atoms with Gasteiger partial charge in [-0.3, -0.25) is 0 Å². The van der Waals surface area contributed by atoms with Gasteiger partial charge in [-0.15, -0.1) is 0 Å². The number of allylic oxidation sites excluding steroid dienone is 1. The Bertz CT molecular complexity index is 435. The first-order valence-electron chi connectivity index (χ1n) is 7.25. The third kappa shape index (κ3) is 11.0. The summed E-state index contributed by atoms with van der Waals surface area (Å²) >= 11 is -0.280. The van der Waals surface area contributed by atoms with Crippen LogP contribution in [-0.4, -0.2) is 7.25 Å². The van der Waals surface area contributed by atoms with Gasteiger partial charge in [-0.1, -0.05) is 50.3 Å². The normalized spacial score (nSPS) is 16.9. The molecule has 1 aliphatic rings. The summed E-state index contributed by atoms with van der Waals surface area (Å²) in [6, 6.07) is 10.3. The van der Waals surface area contributed by atoms with Crippen molar-refractivity contribution in [3.8, 4) is 0 Å². The van der Waals surface area contributed by atoms with Crippen molar-refractivity contribution in [3.63, 3.8) is 0 Å². The first-order valence-corrected chi connectivity index (χ1v) is 9.57. The molecule has 7 heteroatoms. The first-order chi connectivity index (χ1) is 10.3. The molecule has 0 heterocycles. The molecule has 0 aliphatic heterocycles. The fraction of sp³-hybridized carbons (Fsp3) is 0.467. The van der Waals surface area contributed by atoms with Crippen molar-refractivity contribution in [3.05, 3.63) is 43.8 Å². The van der Waals surface area contributed by atoms with Crippen LogP contribution in [0.15, 0.2) is 40.2 Å². The molecule has 22 heavy (non-hydrogen) atoms. The summed E-state index contributed by atoms with van der Waals surface area (Å²) in [5.74, 6) is 0.744. The summed E-state index contributed by atoms with van der Waals surface area (Å²) in [5.41, 5.74) is 0. The molecule has 1 aliphatic carbocycles. The lowest BCUT2D eigenvalue weighted by Gasteiger charge is -2.19. The highest BCUT2D eigenvalue weighted by Gasteiger charge is 2.20. The van der Waals surface area contributed by atoms with Gasteiger partial charge in [0.05, 0.1) is 0 Å². The third-order valence-corrected chi connectivity index (χ3v) is 5.67. The van der Waals surface area contributed by atoms with Crippen LogP contribution in [0.2, 0.25) is 0 Å². The molecule has 0 saturated heterocycles. The summed E-state index contributed by atoms with van der Waals surface area (Å²) in [4.78, 5) is 0. The van der Waals surface area contributed by atoms with E-state index in [2.05, 4.69) is 12.1 Å². The number of rotatable bonds is 4. The lowest BCUT2D eigenvalue weighted by molar-refractivity contribution is -0.558. The largest absolute Gasteiger partial charge is 0.673 e. The minimum absolute atomic E-state index is 0.133. The molecule has 124 valence electrons. The Kier molecular flexibility index (Phi) is 9.05. The van der Waals surface area contributed by atoms with Crippen LogP contribution in [0.4, 0.5) is 21.7 Å². The van der Waals surface area contributed by atoms with E-state index in [9.17, 15) is 21.7 Å². The van der Waals surface area contributed by atoms with E-state index >= 15 is 0 Å². The Labute approximate surface area is 138 Å². The van der Waals surface area contributed by atoms with E-state index in [1.54, 1.807) is 0 Å². The smallest absolute Gasteiger partial charge is 0.418 e. The third-order valence-electron chi connectivity index (χ3n) is 3.24. The molecule has 1 aromatic rings. The summed E-state index contributed by atoms with van der Waals surface area (Å²) in [6.07, 6.45) is 7.08. The molecule has 0 bridgehead atoms. The zero-order valence-corrected chi connectivity index (χ0v) is 14.3. The molecule has 0 atom stereocenters.